The number of amides is 1. The molecule has 1 N–H and O–H groups in total. The van der Waals surface area contributed by atoms with Crippen molar-refractivity contribution in [2.24, 2.45) is 0 Å². The van der Waals surface area contributed by atoms with Crippen LogP contribution in [0, 0.1) is 0 Å². The molecule has 0 aliphatic carbocycles. The normalized spacial score (nSPS) is 22.7. The van der Waals surface area contributed by atoms with Crippen molar-refractivity contribution < 1.29 is 13.2 Å². The average Bonchev–Trinajstić information content (AvgIpc) is 2.74. The zero-order valence-electron chi connectivity index (χ0n) is 16.5. The van der Waals surface area contributed by atoms with Crippen molar-refractivity contribution in [3.8, 4) is 0 Å². The summed E-state index contributed by atoms with van der Waals surface area (Å²) in [5.41, 5.74) is 1.51. The molecule has 2 aromatic rings. The van der Waals surface area contributed by atoms with Crippen LogP contribution in [0.25, 0.3) is 0 Å². The van der Waals surface area contributed by atoms with Crippen LogP contribution in [0.5, 0.6) is 0 Å². The lowest BCUT2D eigenvalue weighted by Crippen LogP contribution is -2.42. The molecule has 2 atom stereocenters. The Balaban J connectivity index is 1.55. The molecule has 4 rings (SSSR count). The van der Waals surface area contributed by atoms with Crippen molar-refractivity contribution in [3.05, 3.63) is 59.7 Å². The number of rotatable bonds is 4. The summed E-state index contributed by atoms with van der Waals surface area (Å²) in [6.45, 7) is 2.49. The van der Waals surface area contributed by atoms with E-state index in [4.69, 9.17) is 0 Å². The zero-order valence-corrected chi connectivity index (χ0v) is 18.1. The van der Waals surface area contributed by atoms with Gasteiger partial charge in [-0.2, -0.15) is 4.31 Å². The zero-order chi connectivity index (χ0) is 20.4. The summed E-state index contributed by atoms with van der Waals surface area (Å²) in [4.78, 5) is 14.3. The molecule has 2 aliphatic rings. The molecule has 0 saturated carbocycles. The third kappa shape index (κ3) is 4.22. The van der Waals surface area contributed by atoms with Crippen LogP contribution in [0.3, 0.4) is 0 Å². The fraction of sp³-hybridized carbons (Fsp3) is 0.409. The molecule has 29 heavy (non-hydrogen) atoms. The molecule has 0 bridgehead atoms. The van der Waals surface area contributed by atoms with Crippen LogP contribution in [0.4, 0.5) is 0 Å². The molecule has 1 amide bonds. The standard InChI is InChI=1S/C22H26N2O3S2/c1-16-7-4-5-13-24(16)29(26,27)18-9-6-8-17(15-18)22(25)23-20-12-14-28-21-11-3-2-10-19(20)21/h2-3,6,8-11,15-16,20H,4-5,7,12-14H2,1H3,(H,23,25)/t16-,20+/m0/s1. The minimum Gasteiger partial charge on any atom is -0.345 e. The minimum absolute atomic E-state index is 0.0116. The first-order valence-corrected chi connectivity index (χ1v) is 12.5. The molecule has 2 heterocycles. The summed E-state index contributed by atoms with van der Waals surface area (Å²) in [5, 5.41) is 3.10. The van der Waals surface area contributed by atoms with E-state index in [-0.39, 0.29) is 22.9 Å². The highest BCUT2D eigenvalue weighted by atomic mass is 32.2. The average molecular weight is 431 g/mol. The van der Waals surface area contributed by atoms with E-state index in [9.17, 15) is 13.2 Å². The second kappa shape index (κ2) is 8.50. The summed E-state index contributed by atoms with van der Waals surface area (Å²) >= 11 is 1.80. The summed E-state index contributed by atoms with van der Waals surface area (Å²) in [7, 11) is -3.60. The molecule has 5 nitrogen and oxygen atoms in total. The van der Waals surface area contributed by atoms with Gasteiger partial charge >= 0.3 is 0 Å². The molecule has 2 aliphatic heterocycles. The number of fused-ring (bicyclic) bond motifs is 1. The van der Waals surface area contributed by atoms with Crippen LogP contribution in [0.1, 0.15) is 54.6 Å². The summed E-state index contributed by atoms with van der Waals surface area (Å²) in [6, 6.07) is 14.5. The molecular weight excluding hydrogens is 404 g/mol. The maximum Gasteiger partial charge on any atom is 0.251 e. The first-order chi connectivity index (χ1) is 14.0. The maximum absolute atomic E-state index is 13.1. The predicted octanol–water partition coefficient (Wildman–Crippen LogP) is 4.22. The van der Waals surface area contributed by atoms with Gasteiger partial charge in [0.05, 0.1) is 10.9 Å². The number of carbonyl (C=O) groups is 1. The quantitative estimate of drug-likeness (QED) is 0.789. The Morgan fingerprint density at radius 3 is 2.76 bits per heavy atom. The van der Waals surface area contributed by atoms with Gasteiger partial charge in [-0.1, -0.05) is 30.7 Å². The molecule has 1 fully saturated rings. The Morgan fingerprint density at radius 2 is 1.93 bits per heavy atom. The van der Waals surface area contributed by atoms with E-state index in [0.717, 1.165) is 37.0 Å². The van der Waals surface area contributed by atoms with Crippen LogP contribution >= 0.6 is 11.8 Å². The number of nitrogens with zero attached hydrogens (tertiary/aromatic N) is 1. The Morgan fingerprint density at radius 1 is 1.10 bits per heavy atom. The van der Waals surface area contributed by atoms with E-state index in [2.05, 4.69) is 11.4 Å². The number of carbonyl (C=O) groups excluding carboxylic acids is 1. The molecule has 7 heteroatoms. The van der Waals surface area contributed by atoms with Crippen LogP contribution < -0.4 is 5.32 Å². The van der Waals surface area contributed by atoms with Gasteiger partial charge < -0.3 is 5.32 Å². The van der Waals surface area contributed by atoms with Crippen LogP contribution in [0.15, 0.2) is 58.3 Å². The number of hydrogen-bond acceptors (Lipinski definition) is 4. The van der Waals surface area contributed by atoms with Gasteiger partial charge in [0.15, 0.2) is 0 Å². The Hall–Kier alpha value is -1.83. The van der Waals surface area contributed by atoms with Gasteiger partial charge in [-0.25, -0.2) is 8.42 Å². The summed E-state index contributed by atoms with van der Waals surface area (Å²) in [5.74, 6) is 0.712. The molecule has 2 aromatic carbocycles. The van der Waals surface area contributed by atoms with Gasteiger partial charge in [0.1, 0.15) is 0 Å². The SMILES string of the molecule is C[C@H]1CCCCN1S(=O)(=O)c1cccc(C(=O)N[C@@H]2CCSc3ccccc32)c1. The van der Waals surface area contributed by atoms with E-state index < -0.39 is 10.0 Å². The van der Waals surface area contributed by atoms with E-state index in [1.807, 2.05) is 25.1 Å². The third-order valence-electron chi connectivity index (χ3n) is 5.71. The Labute approximate surface area is 176 Å². The molecule has 0 aromatic heterocycles. The second-order valence-corrected chi connectivity index (χ2v) is 10.7. The molecular formula is C22H26N2O3S2. The maximum atomic E-state index is 13.1. The van der Waals surface area contributed by atoms with Crippen LogP contribution in [-0.2, 0) is 10.0 Å². The number of sulfonamides is 1. The fourth-order valence-electron chi connectivity index (χ4n) is 4.10. The van der Waals surface area contributed by atoms with Crippen molar-refractivity contribution in [2.45, 2.75) is 54.5 Å². The van der Waals surface area contributed by atoms with Crippen molar-refractivity contribution >= 4 is 27.7 Å². The van der Waals surface area contributed by atoms with Gasteiger partial charge in [-0.05, 0) is 56.0 Å². The lowest BCUT2D eigenvalue weighted by atomic mass is 10.0. The highest BCUT2D eigenvalue weighted by Crippen LogP contribution is 2.36. The van der Waals surface area contributed by atoms with Gasteiger partial charge in [0.2, 0.25) is 10.0 Å². The van der Waals surface area contributed by atoms with E-state index in [1.54, 1.807) is 34.3 Å². The largest absolute Gasteiger partial charge is 0.345 e. The second-order valence-electron chi connectivity index (χ2n) is 7.69. The summed E-state index contributed by atoms with van der Waals surface area (Å²) < 4.78 is 27.8. The van der Waals surface area contributed by atoms with Crippen molar-refractivity contribution in [1.82, 2.24) is 9.62 Å². The van der Waals surface area contributed by atoms with Crippen LogP contribution in [-0.4, -0.2) is 37.0 Å². The molecule has 1 saturated heterocycles. The Kier molecular flexibility index (Phi) is 5.99. The van der Waals surface area contributed by atoms with Crippen molar-refractivity contribution in [1.29, 1.82) is 0 Å². The number of benzene rings is 2. The van der Waals surface area contributed by atoms with E-state index in [0.29, 0.717) is 12.1 Å². The third-order valence-corrected chi connectivity index (χ3v) is 8.84. The van der Waals surface area contributed by atoms with Crippen molar-refractivity contribution in [2.75, 3.05) is 12.3 Å². The van der Waals surface area contributed by atoms with Gasteiger partial charge in [0.25, 0.3) is 5.91 Å². The highest BCUT2D eigenvalue weighted by Gasteiger charge is 2.31. The molecule has 154 valence electrons. The summed E-state index contributed by atoms with van der Waals surface area (Å²) in [6.07, 6.45) is 3.66. The monoisotopic (exact) mass is 430 g/mol. The molecule has 0 radical (unpaired) electrons. The fourth-order valence-corrected chi connectivity index (χ4v) is 6.97. The number of nitrogens with one attached hydrogen (secondary N) is 1. The van der Waals surface area contributed by atoms with Gasteiger partial charge in [0, 0.05) is 28.8 Å². The predicted molar refractivity (Wildman–Crippen MR) is 116 cm³/mol. The van der Waals surface area contributed by atoms with Crippen molar-refractivity contribution in [3.63, 3.8) is 0 Å². The lowest BCUT2D eigenvalue weighted by Gasteiger charge is -2.32. The number of piperidine rings is 1. The first kappa shape index (κ1) is 20.4. The number of hydrogen-bond donors (Lipinski definition) is 1. The van der Waals surface area contributed by atoms with Gasteiger partial charge in [-0.15, -0.1) is 11.8 Å². The molecule has 0 unspecified atom stereocenters. The Bertz CT molecular complexity index is 1010. The smallest absolute Gasteiger partial charge is 0.251 e. The van der Waals surface area contributed by atoms with Crippen LogP contribution in [0.2, 0.25) is 0 Å². The minimum atomic E-state index is -3.60. The van der Waals surface area contributed by atoms with E-state index >= 15 is 0 Å². The molecule has 0 spiro atoms. The topological polar surface area (TPSA) is 66.5 Å². The first-order valence-electron chi connectivity index (χ1n) is 10.1. The van der Waals surface area contributed by atoms with Gasteiger partial charge in [-0.3, -0.25) is 4.79 Å². The lowest BCUT2D eigenvalue weighted by molar-refractivity contribution is 0.0934. The van der Waals surface area contributed by atoms with E-state index in [1.165, 1.54) is 11.0 Å². The number of thioether (sulfide) groups is 1. The highest BCUT2D eigenvalue weighted by molar-refractivity contribution is 7.99.